The van der Waals surface area contributed by atoms with Crippen LogP contribution in [0.2, 0.25) is 0 Å². The summed E-state index contributed by atoms with van der Waals surface area (Å²) in [5, 5.41) is 0. The first kappa shape index (κ1) is 25.9. The Morgan fingerprint density at radius 1 is 0.609 bits per heavy atom. The van der Waals surface area contributed by atoms with Gasteiger partial charge in [0, 0.05) is 0 Å². The van der Waals surface area contributed by atoms with Crippen LogP contribution in [0.25, 0.3) is 0 Å². The van der Waals surface area contributed by atoms with Crippen molar-refractivity contribution in [3.8, 4) is 0 Å². The van der Waals surface area contributed by atoms with Crippen molar-refractivity contribution in [2.45, 2.75) is 92.4 Å². The SMILES string of the molecule is CCCCCCCC(I)(I)S(=O)(=O)C(I)(I)CCCCCCC. The highest BCUT2D eigenvalue weighted by atomic mass is 127. The summed E-state index contributed by atoms with van der Waals surface area (Å²) in [5.74, 6) is 0. The molecule has 0 unspecified atom stereocenters. The van der Waals surface area contributed by atoms with Gasteiger partial charge in [-0.2, -0.15) is 0 Å². The molecule has 0 heterocycles. The van der Waals surface area contributed by atoms with Gasteiger partial charge in [-0.15, -0.1) is 0 Å². The van der Waals surface area contributed by atoms with E-state index in [1.165, 1.54) is 38.5 Å². The Labute approximate surface area is 198 Å². The predicted octanol–water partition coefficient (Wildman–Crippen LogP) is 8.17. The lowest BCUT2D eigenvalue weighted by Gasteiger charge is -2.30. The van der Waals surface area contributed by atoms with E-state index in [1.54, 1.807) is 0 Å². The zero-order valence-electron chi connectivity index (χ0n) is 14.2. The highest BCUT2D eigenvalue weighted by Gasteiger charge is 2.50. The van der Waals surface area contributed by atoms with E-state index in [-0.39, 0.29) is 0 Å². The van der Waals surface area contributed by atoms with Crippen molar-refractivity contribution < 1.29 is 8.42 Å². The quantitative estimate of drug-likeness (QED) is 0.101. The van der Waals surface area contributed by atoms with Crippen LogP contribution in [0.1, 0.15) is 90.9 Å². The average molecular weight is 794 g/mol. The third-order valence-corrected chi connectivity index (χ3v) is 15.0. The first-order valence-electron chi connectivity index (χ1n) is 8.62. The summed E-state index contributed by atoms with van der Waals surface area (Å²) in [6.07, 6.45) is 13.2. The molecule has 0 saturated carbocycles. The minimum atomic E-state index is -3.18. The minimum Gasteiger partial charge on any atom is -0.224 e. The molecule has 0 radical (unpaired) electrons. The summed E-state index contributed by atoms with van der Waals surface area (Å²) in [7, 11) is -3.18. The first-order valence-corrected chi connectivity index (χ1v) is 14.4. The zero-order valence-corrected chi connectivity index (χ0v) is 23.7. The van der Waals surface area contributed by atoms with Gasteiger partial charge in [-0.25, -0.2) is 8.42 Å². The lowest BCUT2D eigenvalue weighted by molar-refractivity contribution is 0.565. The van der Waals surface area contributed by atoms with E-state index in [0.29, 0.717) is 0 Å². The molecule has 140 valence electrons. The van der Waals surface area contributed by atoms with Crippen molar-refractivity contribution in [1.29, 1.82) is 0 Å². The molecule has 0 spiro atoms. The number of alkyl halides is 4. The molecule has 2 nitrogen and oxygen atoms in total. The maximum absolute atomic E-state index is 13.1. The van der Waals surface area contributed by atoms with E-state index in [9.17, 15) is 8.42 Å². The van der Waals surface area contributed by atoms with Gasteiger partial charge in [0.05, 0.1) is 0 Å². The van der Waals surface area contributed by atoms with Gasteiger partial charge in [0.2, 0.25) is 0 Å². The fraction of sp³-hybridized carbons (Fsp3) is 1.00. The Morgan fingerprint density at radius 2 is 0.913 bits per heavy atom. The topological polar surface area (TPSA) is 34.1 Å². The van der Waals surface area contributed by atoms with Gasteiger partial charge in [-0.05, 0) is 103 Å². The molecule has 0 rings (SSSR count). The lowest BCUT2D eigenvalue weighted by Crippen LogP contribution is -2.37. The molecule has 0 aromatic rings. The Bertz CT molecular complexity index is 376. The molecule has 0 fully saturated rings. The fourth-order valence-electron chi connectivity index (χ4n) is 2.36. The third kappa shape index (κ3) is 9.57. The summed E-state index contributed by atoms with van der Waals surface area (Å²) in [6, 6.07) is 0. The highest BCUT2D eigenvalue weighted by Crippen LogP contribution is 2.52. The Hall–Kier alpha value is 2.87. The monoisotopic (exact) mass is 794 g/mol. The predicted molar refractivity (Wildman–Crippen MR) is 137 cm³/mol. The van der Waals surface area contributed by atoms with E-state index in [4.69, 9.17) is 0 Å². The van der Waals surface area contributed by atoms with Gasteiger partial charge in [0.25, 0.3) is 0 Å². The molecule has 0 aliphatic heterocycles. The zero-order chi connectivity index (χ0) is 18.0. The molecule has 0 N–H and O–H groups in total. The van der Waals surface area contributed by atoms with E-state index >= 15 is 0 Å². The standard InChI is InChI=1S/C16H30I4O2S/c1-3-5-7-9-11-13-15(17,18)23(21,22)16(19,20)14-12-10-8-6-4-2/h3-14H2,1-2H3. The van der Waals surface area contributed by atoms with Gasteiger partial charge >= 0.3 is 0 Å². The van der Waals surface area contributed by atoms with Crippen LogP contribution in [0.15, 0.2) is 0 Å². The first-order chi connectivity index (χ1) is 10.6. The highest BCUT2D eigenvalue weighted by molar-refractivity contribution is 14.2. The molecule has 0 bridgehead atoms. The van der Waals surface area contributed by atoms with Crippen LogP contribution >= 0.6 is 90.4 Å². The van der Waals surface area contributed by atoms with Crippen molar-refractivity contribution in [3.05, 3.63) is 0 Å². The lowest BCUT2D eigenvalue weighted by atomic mass is 10.1. The normalized spacial score (nSPS) is 13.5. The maximum Gasteiger partial charge on any atom is 0.198 e. The molecule has 7 heteroatoms. The molecule has 0 amide bonds. The molecule has 0 saturated heterocycles. The van der Waals surface area contributed by atoms with E-state index in [0.717, 1.165) is 38.5 Å². The van der Waals surface area contributed by atoms with Gasteiger partial charge in [0.1, 0.15) is 0 Å². The summed E-state index contributed by atoms with van der Waals surface area (Å²) in [5.41, 5.74) is 0. The Balaban J connectivity index is 4.52. The Kier molecular flexibility index (Phi) is 14.8. The third-order valence-electron chi connectivity index (χ3n) is 3.93. The summed E-state index contributed by atoms with van der Waals surface area (Å²) in [6.45, 7) is 4.40. The number of unbranched alkanes of at least 4 members (excludes halogenated alkanes) is 8. The summed E-state index contributed by atoms with van der Waals surface area (Å²) >= 11 is 8.67. The molecule has 0 aromatic carbocycles. The molecule has 0 atom stereocenters. The van der Waals surface area contributed by atoms with Crippen molar-refractivity contribution in [3.63, 3.8) is 0 Å². The molecular formula is C16H30I4O2S. The van der Waals surface area contributed by atoms with Gasteiger partial charge < -0.3 is 0 Å². The van der Waals surface area contributed by atoms with Crippen LogP contribution in [-0.2, 0) is 9.84 Å². The van der Waals surface area contributed by atoms with Crippen molar-refractivity contribution >= 4 is 100 Å². The molecule has 0 aliphatic rings. The largest absolute Gasteiger partial charge is 0.224 e. The van der Waals surface area contributed by atoms with Crippen LogP contribution in [0.4, 0.5) is 0 Å². The number of hydrogen-bond acceptors (Lipinski definition) is 2. The molecule has 23 heavy (non-hydrogen) atoms. The second-order valence-electron chi connectivity index (χ2n) is 6.11. The van der Waals surface area contributed by atoms with Gasteiger partial charge in [0.15, 0.2) is 11.4 Å². The molecular weight excluding hydrogens is 764 g/mol. The number of halogens is 4. The van der Waals surface area contributed by atoms with E-state index in [1.807, 2.05) is 0 Å². The van der Waals surface area contributed by atoms with Crippen LogP contribution in [-0.4, -0.2) is 9.94 Å². The second kappa shape index (κ2) is 13.1. The number of hydrogen-bond donors (Lipinski definition) is 0. The fourth-order valence-corrected chi connectivity index (χ4v) is 14.7. The van der Waals surface area contributed by atoms with Crippen molar-refractivity contribution in [2.75, 3.05) is 0 Å². The van der Waals surface area contributed by atoms with Crippen molar-refractivity contribution in [1.82, 2.24) is 0 Å². The van der Waals surface area contributed by atoms with Crippen LogP contribution in [0.5, 0.6) is 0 Å². The molecule has 0 aromatic heterocycles. The van der Waals surface area contributed by atoms with Gasteiger partial charge in [-0.1, -0.05) is 78.1 Å². The maximum atomic E-state index is 13.1. The van der Waals surface area contributed by atoms with E-state index < -0.39 is 11.4 Å². The summed E-state index contributed by atoms with van der Waals surface area (Å²) in [4.78, 5) is 0. The number of rotatable bonds is 14. The average Bonchev–Trinajstić information content (AvgIpc) is 2.46. The molecule has 0 aliphatic carbocycles. The van der Waals surface area contributed by atoms with Crippen LogP contribution < -0.4 is 0 Å². The Morgan fingerprint density at radius 3 is 1.22 bits per heavy atom. The van der Waals surface area contributed by atoms with Crippen LogP contribution in [0.3, 0.4) is 0 Å². The van der Waals surface area contributed by atoms with Crippen molar-refractivity contribution in [2.24, 2.45) is 0 Å². The van der Waals surface area contributed by atoms with E-state index in [2.05, 4.69) is 104 Å². The second-order valence-corrected chi connectivity index (χ2v) is 22.9. The van der Waals surface area contributed by atoms with Gasteiger partial charge in [-0.3, -0.25) is 0 Å². The minimum absolute atomic E-state index is 0.680. The van der Waals surface area contributed by atoms with Crippen LogP contribution in [0, 0.1) is 0 Å². The summed E-state index contributed by atoms with van der Waals surface area (Å²) < 4.78 is 24.8. The smallest absolute Gasteiger partial charge is 0.198 e. The number of sulfone groups is 1.